The predicted molar refractivity (Wildman–Crippen MR) is 107 cm³/mol. The molecule has 0 spiro atoms. The number of ether oxygens (including phenoxy) is 1. The molecule has 0 aromatic heterocycles. The lowest BCUT2D eigenvalue weighted by Gasteiger charge is -2.29. The first kappa shape index (κ1) is 19.7. The van der Waals surface area contributed by atoms with Gasteiger partial charge < -0.3 is 14.7 Å². The highest BCUT2D eigenvalue weighted by atomic mass is 16.5. The van der Waals surface area contributed by atoms with Crippen LogP contribution in [-0.2, 0) is 16.1 Å². The molecule has 2 aromatic carbocycles. The molecule has 1 amide bonds. The van der Waals surface area contributed by atoms with Gasteiger partial charge in [-0.25, -0.2) is 0 Å². The number of Topliss-reactive ketones (excluding diaryl/α,β-unsaturated/α-hetero) is 1. The van der Waals surface area contributed by atoms with Gasteiger partial charge in [0.2, 0.25) is 0 Å². The van der Waals surface area contributed by atoms with E-state index in [0.29, 0.717) is 5.75 Å². The summed E-state index contributed by atoms with van der Waals surface area (Å²) < 4.78 is 5.41. The summed E-state index contributed by atoms with van der Waals surface area (Å²) in [7, 11) is 1.58. The summed E-state index contributed by atoms with van der Waals surface area (Å²) in [5, 5.41) is 10.6. The van der Waals surface area contributed by atoms with Crippen LogP contribution in [-0.4, -0.2) is 28.8 Å². The first-order chi connectivity index (χ1) is 13.4. The Labute approximate surface area is 165 Å². The second-order valence-electron chi connectivity index (χ2n) is 7.29. The van der Waals surface area contributed by atoms with E-state index in [9.17, 15) is 14.7 Å². The zero-order chi connectivity index (χ0) is 20.4. The van der Waals surface area contributed by atoms with E-state index in [-0.39, 0.29) is 23.8 Å². The van der Waals surface area contributed by atoms with Crippen LogP contribution < -0.4 is 4.74 Å². The Balaban J connectivity index is 2.12. The smallest absolute Gasteiger partial charge is 0.290 e. The molecule has 0 saturated heterocycles. The molecule has 5 heteroatoms. The van der Waals surface area contributed by atoms with Gasteiger partial charge in [0.05, 0.1) is 25.3 Å². The van der Waals surface area contributed by atoms with E-state index in [1.807, 2.05) is 55.5 Å². The average Bonchev–Trinajstić information content (AvgIpc) is 2.93. The van der Waals surface area contributed by atoms with Gasteiger partial charge in [0, 0.05) is 11.5 Å². The van der Waals surface area contributed by atoms with Crippen molar-refractivity contribution in [1.82, 2.24) is 4.90 Å². The van der Waals surface area contributed by atoms with Crippen LogP contribution in [0.4, 0.5) is 0 Å². The number of nitrogens with zero attached hydrogens (tertiary/aromatic N) is 1. The maximum atomic E-state index is 13.0. The molecular weight excluding hydrogens is 354 g/mol. The van der Waals surface area contributed by atoms with Crippen molar-refractivity contribution >= 4 is 11.7 Å². The fourth-order valence-corrected chi connectivity index (χ4v) is 3.61. The molecule has 0 radical (unpaired) electrons. The lowest BCUT2D eigenvalue weighted by atomic mass is 9.89. The van der Waals surface area contributed by atoms with Gasteiger partial charge in [0.15, 0.2) is 11.5 Å². The monoisotopic (exact) mass is 379 g/mol. The molecule has 1 aliphatic heterocycles. The van der Waals surface area contributed by atoms with Gasteiger partial charge in [-0.2, -0.15) is 0 Å². The first-order valence-corrected chi connectivity index (χ1v) is 9.32. The number of carbonyl (C=O) groups is 2. The molecule has 1 heterocycles. The molecule has 1 N–H and O–H groups in total. The van der Waals surface area contributed by atoms with Gasteiger partial charge in [-0.3, -0.25) is 9.59 Å². The number of aryl methyl sites for hydroxylation is 1. The summed E-state index contributed by atoms with van der Waals surface area (Å²) in [6, 6.07) is 14.4. The lowest BCUT2D eigenvalue weighted by Crippen LogP contribution is -2.31. The van der Waals surface area contributed by atoms with Gasteiger partial charge in [-0.15, -0.1) is 0 Å². The molecule has 28 heavy (non-hydrogen) atoms. The number of aliphatic hydroxyl groups excluding tert-OH is 1. The van der Waals surface area contributed by atoms with E-state index < -0.39 is 17.7 Å². The van der Waals surface area contributed by atoms with Gasteiger partial charge in [0.1, 0.15) is 5.75 Å². The summed E-state index contributed by atoms with van der Waals surface area (Å²) in [6.07, 6.45) is 0. The number of aliphatic hydroxyl groups is 1. The Morgan fingerprint density at radius 3 is 2.43 bits per heavy atom. The third-order valence-corrected chi connectivity index (χ3v) is 5.11. The maximum Gasteiger partial charge on any atom is 0.290 e. The van der Waals surface area contributed by atoms with Crippen molar-refractivity contribution in [2.24, 2.45) is 5.92 Å². The number of hydrogen-bond donors (Lipinski definition) is 1. The number of methoxy groups -OCH3 is 1. The minimum absolute atomic E-state index is 0.171. The van der Waals surface area contributed by atoms with Crippen LogP contribution in [0.1, 0.15) is 36.6 Å². The summed E-state index contributed by atoms with van der Waals surface area (Å²) in [4.78, 5) is 27.4. The molecule has 0 bridgehead atoms. The highest BCUT2D eigenvalue weighted by Gasteiger charge is 2.44. The molecule has 1 aliphatic rings. The zero-order valence-electron chi connectivity index (χ0n) is 16.6. The predicted octanol–water partition coefficient (Wildman–Crippen LogP) is 4.12. The van der Waals surface area contributed by atoms with Crippen molar-refractivity contribution in [1.29, 1.82) is 0 Å². The summed E-state index contributed by atoms with van der Waals surface area (Å²) in [5.41, 5.74) is 2.76. The Kier molecular flexibility index (Phi) is 5.54. The molecular formula is C23H25NO4. The standard InChI is InChI=1S/C23H25NO4/c1-14(2)21(25)19-20(17-11-7-5-9-15(17)3)24(23(27)22(19)26)13-16-10-6-8-12-18(16)28-4/h5-12,14,20,26H,13H2,1-4H3. The van der Waals surface area contributed by atoms with E-state index in [1.54, 1.807) is 25.9 Å². The molecule has 0 saturated carbocycles. The minimum atomic E-state index is -0.631. The van der Waals surface area contributed by atoms with Gasteiger partial charge in [0.25, 0.3) is 5.91 Å². The number of amides is 1. The second-order valence-corrected chi connectivity index (χ2v) is 7.29. The highest BCUT2D eigenvalue weighted by molar-refractivity contribution is 6.09. The van der Waals surface area contributed by atoms with Crippen molar-refractivity contribution < 1.29 is 19.4 Å². The number of rotatable bonds is 6. The third kappa shape index (κ3) is 3.40. The molecule has 5 nitrogen and oxygen atoms in total. The SMILES string of the molecule is COc1ccccc1CN1C(=O)C(O)=C(C(=O)C(C)C)C1c1ccccc1C. The van der Waals surface area contributed by atoms with E-state index in [0.717, 1.165) is 16.7 Å². The van der Waals surface area contributed by atoms with Crippen molar-refractivity contribution in [3.63, 3.8) is 0 Å². The Morgan fingerprint density at radius 1 is 1.14 bits per heavy atom. The summed E-state index contributed by atoms with van der Waals surface area (Å²) >= 11 is 0. The quantitative estimate of drug-likeness (QED) is 0.820. The molecule has 2 aromatic rings. The normalized spacial score (nSPS) is 16.8. The Hall–Kier alpha value is -3.08. The van der Waals surface area contributed by atoms with E-state index in [4.69, 9.17) is 4.74 Å². The first-order valence-electron chi connectivity index (χ1n) is 9.32. The van der Waals surface area contributed by atoms with Gasteiger partial charge >= 0.3 is 0 Å². The Morgan fingerprint density at radius 2 is 1.79 bits per heavy atom. The minimum Gasteiger partial charge on any atom is -0.503 e. The molecule has 0 aliphatic carbocycles. The maximum absolute atomic E-state index is 13.0. The van der Waals surface area contributed by atoms with Gasteiger partial charge in [-0.1, -0.05) is 56.3 Å². The van der Waals surface area contributed by atoms with Crippen LogP contribution in [0, 0.1) is 12.8 Å². The number of benzene rings is 2. The van der Waals surface area contributed by atoms with Crippen LogP contribution >= 0.6 is 0 Å². The van der Waals surface area contributed by atoms with Crippen molar-refractivity contribution in [3.8, 4) is 5.75 Å². The van der Waals surface area contributed by atoms with Crippen LogP contribution in [0.5, 0.6) is 5.75 Å². The lowest BCUT2D eigenvalue weighted by molar-refractivity contribution is -0.130. The number of carbonyl (C=O) groups excluding carboxylic acids is 2. The van der Waals surface area contributed by atoms with Crippen molar-refractivity contribution in [2.75, 3.05) is 7.11 Å². The number of hydrogen-bond acceptors (Lipinski definition) is 4. The topological polar surface area (TPSA) is 66.8 Å². The number of para-hydroxylation sites is 1. The summed E-state index contributed by atoms with van der Waals surface area (Å²) in [5.74, 6) is -0.892. The second kappa shape index (κ2) is 7.89. The number of ketones is 1. The largest absolute Gasteiger partial charge is 0.503 e. The molecule has 0 fully saturated rings. The van der Waals surface area contributed by atoms with Gasteiger partial charge in [-0.05, 0) is 24.1 Å². The van der Waals surface area contributed by atoms with Crippen LogP contribution in [0.15, 0.2) is 59.9 Å². The third-order valence-electron chi connectivity index (χ3n) is 5.11. The molecule has 1 unspecified atom stereocenters. The Bertz CT molecular complexity index is 945. The fourth-order valence-electron chi connectivity index (χ4n) is 3.61. The molecule has 1 atom stereocenters. The highest BCUT2D eigenvalue weighted by Crippen LogP contribution is 2.41. The van der Waals surface area contributed by atoms with E-state index >= 15 is 0 Å². The zero-order valence-corrected chi connectivity index (χ0v) is 16.6. The van der Waals surface area contributed by atoms with Crippen LogP contribution in [0.3, 0.4) is 0 Å². The fraction of sp³-hybridized carbons (Fsp3) is 0.304. The molecule has 3 rings (SSSR count). The average molecular weight is 379 g/mol. The van der Waals surface area contributed by atoms with Crippen LogP contribution in [0.2, 0.25) is 0 Å². The van der Waals surface area contributed by atoms with Crippen LogP contribution in [0.25, 0.3) is 0 Å². The summed E-state index contributed by atoms with van der Waals surface area (Å²) in [6.45, 7) is 5.70. The van der Waals surface area contributed by atoms with Crippen molar-refractivity contribution in [3.05, 3.63) is 76.6 Å². The van der Waals surface area contributed by atoms with Crippen molar-refractivity contribution in [2.45, 2.75) is 33.4 Å². The molecule has 146 valence electrons. The van der Waals surface area contributed by atoms with E-state index in [2.05, 4.69) is 0 Å². The van der Waals surface area contributed by atoms with E-state index in [1.165, 1.54) is 0 Å².